The van der Waals surface area contributed by atoms with E-state index in [-0.39, 0.29) is 11.6 Å². The number of esters is 1. The van der Waals surface area contributed by atoms with Gasteiger partial charge in [0, 0.05) is 18.0 Å². The average Bonchev–Trinajstić information content (AvgIpc) is 3.13. The van der Waals surface area contributed by atoms with Gasteiger partial charge in [-0.05, 0) is 31.2 Å². The number of rotatable bonds is 5. The molecule has 3 rings (SSSR count). The SMILES string of the molecule is COc1ccc(-c2nnc([C@@H](C)OC(=O)c3cnccn3)o2)cc1. The molecule has 24 heavy (non-hydrogen) atoms. The molecule has 8 nitrogen and oxygen atoms in total. The molecule has 0 N–H and O–H groups in total. The predicted molar refractivity (Wildman–Crippen MR) is 82.1 cm³/mol. The molecule has 0 saturated carbocycles. The summed E-state index contributed by atoms with van der Waals surface area (Å²) in [6.07, 6.45) is 3.50. The second-order valence-corrected chi connectivity index (χ2v) is 4.81. The van der Waals surface area contributed by atoms with Crippen LogP contribution in [0.3, 0.4) is 0 Å². The van der Waals surface area contributed by atoms with Gasteiger partial charge in [-0.25, -0.2) is 9.78 Å². The van der Waals surface area contributed by atoms with E-state index in [1.165, 1.54) is 18.6 Å². The number of hydrogen-bond acceptors (Lipinski definition) is 8. The average molecular weight is 326 g/mol. The molecule has 0 radical (unpaired) electrons. The summed E-state index contributed by atoms with van der Waals surface area (Å²) in [5.74, 6) is 0.637. The normalized spacial score (nSPS) is 11.8. The molecule has 1 aromatic carbocycles. The summed E-state index contributed by atoms with van der Waals surface area (Å²) < 4.78 is 15.9. The number of benzene rings is 1. The lowest BCUT2D eigenvalue weighted by molar-refractivity contribution is 0.0272. The molecule has 0 bridgehead atoms. The van der Waals surface area contributed by atoms with Crippen molar-refractivity contribution in [2.45, 2.75) is 13.0 Å². The minimum Gasteiger partial charge on any atom is -0.497 e. The summed E-state index contributed by atoms with van der Waals surface area (Å²) in [6, 6.07) is 7.17. The Morgan fingerprint density at radius 3 is 2.62 bits per heavy atom. The van der Waals surface area contributed by atoms with Gasteiger partial charge in [-0.15, -0.1) is 10.2 Å². The van der Waals surface area contributed by atoms with E-state index in [1.807, 2.05) is 0 Å². The van der Waals surface area contributed by atoms with Gasteiger partial charge in [0.2, 0.25) is 5.89 Å². The van der Waals surface area contributed by atoms with Crippen LogP contribution in [0.1, 0.15) is 29.4 Å². The highest BCUT2D eigenvalue weighted by molar-refractivity contribution is 5.86. The second-order valence-electron chi connectivity index (χ2n) is 4.81. The van der Waals surface area contributed by atoms with Gasteiger partial charge in [-0.2, -0.15) is 0 Å². The summed E-state index contributed by atoms with van der Waals surface area (Å²) in [5, 5.41) is 7.89. The van der Waals surface area contributed by atoms with Crippen molar-refractivity contribution in [1.29, 1.82) is 0 Å². The van der Waals surface area contributed by atoms with E-state index in [0.29, 0.717) is 5.89 Å². The van der Waals surface area contributed by atoms with Crippen molar-refractivity contribution in [2.75, 3.05) is 7.11 Å². The van der Waals surface area contributed by atoms with Gasteiger partial charge >= 0.3 is 5.97 Å². The van der Waals surface area contributed by atoms with Crippen LogP contribution < -0.4 is 4.74 Å². The summed E-state index contributed by atoms with van der Waals surface area (Å²) in [7, 11) is 1.59. The number of aromatic nitrogens is 4. The lowest BCUT2D eigenvalue weighted by Gasteiger charge is -2.08. The molecule has 1 atom stereocenters. The van der Waals surface area contributed by atoms with Gasteiger partial charge in [0.25, 0.3) is 5.89 Å². The lowest BCUT2D eigenvalue weighted by Crippen LogP contribution is -2.11. The van der Waals surface area contributed by atoms with E-state index in [4.69, 9.17) is 13.9 Å². The topological polar surface area (TPSA) is 100 Å². The van der Waals surface area contributed by atoms with Crippen LogP contribution in [0, 0.1) is 0 Å². The fraction of sp³-hybridized carbons (Fsp3) is 0.188. The fourth-order valence-electron chi connectivity index (χ4n) is 1.92. The number of ether oxygens (including phenoxy) is 2. The molecular formula is C16H14N4O4. The number of hydrogen-bond donors (Lipinski definition) is 0. The molecule has 0 saturated heterocycles. The molecule has 122 valence electrons. The van der Waals surface area contributed by atoms with Crippen molar-refractivity contribution >= 4 is 5.97 Å². The van der Waals surface area contributed by atoms with E-state index >= 15 is 0 Å². The number of carbonyl (C=O) groups excluding carboxylic acids is 1. The third-order valence-electron chi connectivity index (χ3n) is 3.18. The largest absolute Gasteiger partial charge is 0.497 e. The maximum Gasteiger partial charge on any atom is 0.359 e. The standard InChI is InChI=1S/C16H14N4O4/c1-10(23-16(21)13-9-17-7-8-18-13)14-19-20-15(24-14)11-3-5-12(22-2)6-4-11/h3-10H,1-2H3/t10-/m1/s1. The van der Waals surface area contributed by atoms with Crippen LogP contribution in [0.4, 0.5) is 0 Å². The maximum absolute atomic E-state index is 11.9. The maximum atomic E-state index is 11.9. The van der Waals surface area contributed by atoms with Gasteiger partial charge < -0.3 is 13.9 Å². The van der Waals surface area contributed by atoms with Gasteiger partial charge in [0.05, 0.1) is 13.3 Å². The number of carbonyl (C=O) groups is 1. The first kappa shape index (κ1) is 15.6. The molecule has 0 spiro atoms. The van der Waals surface area contributed by atoms with Crippen molar-refractivity contribution in [3.05, 3.63) is 54.4 Å². The predicted octanol–water partition coefficient (Wildman–Crippen LogP) is 2.45. The highest BCUT2D eigenvalue weighted by Crippen LogP contribution is 2.24. The number of methoxy groups -OCH3 is 1. The third-order valence-corrected chi connectivity index (χ3v) is 3.18. The van der Waals surface area contributed by atoms with Gasteiger partial charge in [-0.3, -0.25) is 4.98 Å². The minimum absolute atomic E-state index is 0.110. The van der Waals surface area contributed by atoms with E-state index in [1.54, 1.807) is 38.3 Å². The zero-order chi connectivity index (χ0) is 16.9. The lowest BCUT2D eigenvalue weighted by atomic mass is 10.2. The zero-order valence-corrected chi connectivity index (χ0v) is 13.0. The molecule has 0 aliphatic rings. The van der Waals surface area contributed by atoms with Crippen LogP contribution in [-0.2, 0) is 4.74 Å². The minimum atomic E-state index is -0.709. The smallest absolute Gasteiger partial charge is 0.359 e. The molecular weight excluding hydrogens is 312 g/mol. The first-order valence-electron chi connectivity index (χ1n) is 7.12. The summed E-state index contributed by atoms with van der Waals surface area (Å²) >= 11 is 0. The Hall–Kier alpha value is -3.29. The molecule has 2 heterocycles. The Kier molecular flexibility index (Phi) is 4.46. The van der Waals surface area contributed by atoms with Crippen LogP contribution in [0.15, 0.2) is 47.3 Å². The number of nitrogens with zero attached hydrogens (tertiary/aromatic N) is 4. The van der Waals surface area contributed by atoms with Gasteiger partial charge in [0.1, 0.15) is 5.75 Å². The third kappa shape index (κ3) is 3.37. The first-order chi connectivity index (χ1) is 11.7. The zero-order valence-electron chi connectivity index (χ0n) is 13.0. The Morgan fingerprint density at radius 1 is 1.17 bits per heavy atom. The van der Waals surface area contributed by atoms with E-state index in [2.05, 4.69) is 20.2 Å². The molecule has 0 aliphatic carbocycles. The Balaban J connectivity index is 1.71. The molecule has 8 heteroatoms. The first-order valence-corrected chi connectivity index (χ1v) is 7.12. The van der Waals surface area contributed by atoms with Crippen molar-refractivity contribution < 1.29 is 18.7 Å². The highest BCUT2D eigenvalue weighted by Gasteiger charge is 2.20. The monoisotopic (exact) mass is 326 g/mol. The summed E-state index contributed by atoms with van der Waals surface area (Å²) in [6.45, 7) is 1.64. The second kappa shape index (κ2) is 6.86. The van der Waals surface area contributed by atoms with Crippen LogP contribution in [0.2, 0.25) is 0 Å². The Labute approximate surface area is 137 Å². The van der Waals surface area contributed by atoms with Crippen molar-refractivity contribution in [3.63, 3.8) is 0 Å². The fourth-order valence-corrected chi connectivity index (χ4v) is 1.92. The Morgan fingerprint density at radius 2 is 1.96 bits per heavy atom. The van der Waals surface area contributed by atoms with Crippen LogP contribution >= 0.6 is 0 Å². The van der Waals surface area contributed by atoms with Gasteiger partial charge in [0.15, 0.2) is 11.8 Å². The molecule has 2 aromatic heterocycles. The van der Waals surface area contributed by atoms with Crippen LogP contribution in [0.25, 0.3) is 11.5 Å². The van der Waals surface area contributed by atoms with Gasteiger partial charge in [-0.1, -0.05) is 0 Å². The quantitative estimate of drug-likeness (QED) is 0.659. The van der Waals surface area contributed by atoms with E-state index in [9.17, 15) is 4.79 Å². The molecule has 3 aromatic rings. The van der Waals surface area contributed by atoms with Crippen molar-refractivity contribution in [1.82, 2.24) is 20.2 Å². The van der Waals surface area contributed by atoms with Crippen LogP contribution in [0.5, 0.6) is 5.75 Å². The summed E-state index contributed by atoms with van der Waals surface area (Å²) in [4.78, 5) is 19.6. The van der Waals surface area contributed by atoms with E-state index in [0.717, 1.165) is 11.3 Å². The van der Waals surface area contributed by atoms with Crippen molar-refractivity contribution in [3.8, 4) is 17.2 Å². The molecule has 0 fully saturated rings. The summed E-state index contributed by atoms with van der Waals surface area (Å²) in [5.41, 5.74) is 0.848. The van der Waals surface area contributed by atoms with Crippen LogP contribution in [-0.4, -0.2) is 33.2 Å². The molecule has 0 amide bonds. The molecule has 0 unspecified atom stereocenters. The Bertz CT molecular complexity index is 818. The van der Waals surface area contributed by atoms with E-state index < -0.39 is 12.1 Å². The highest BCUT2D eigenvalue weighted by atomic mass is 16.6. The van der Waals surface area contributed by atoms with Crippen molar-refractivity contribution in [2.24, 2.45) is 0 Å². The molecule has 0 aliphatic heterocycles.